The zero-order valence-corrected chi connectivity index (χ0v) is 12.2. The fourth-order valence-corrected chi connectivity index (χ4v) is 3.70. The lowest BCUT2D eigenvalue weighted by Crippen LogP contribution is -2.26. The molecule has 0 saturated heterocycles. The Morgan fingerprint density at radius 2 is 2.28 bits per heavy atom. The Labute approximate surface area is 118 Å². The Kier molecular flexibility index (Phi) is 3.50. The molecule has 0 radical (unpaired) electrons. The Morgan fingerprint density at radius 1 is 1.39 bits per heavy atom. The van der Waals surface area contributed by atoms with Gasteiger partial charge in [-0.05, 0) is 47.3 Å². The molecule has 2 aromatic rings. The minimum atomic E-state index is 0.273. The Hall–Kier alpha value is -0.720. The van der Waals surface area contributed by atoms with Gasteiger partial charge in [0.25, 0.3) is 0 Å². The van der Waals surface area contributed by atoms with Crippen LogP contribution in [-0.2, 0) is 0 Å². The second-order valence-electron chi connectivity index (χ2n) is 4.68. The Morgan fingerprint density at radius 3 is 3.00 bits per heavy atom. The highest BCUT2D eigenvalue weighted by atomic mass is 79.9. The molecule has 96 valence electrons. The second kappa shape index (κ2) is 5.11. The third kappa shape index (κ3) is 2.50. The molecule has 0 aliphatic heterocycles. The first kappa shape index (κ1) is 12.3. The van der Waals surface area contributed by atoms with Gasteiger partial charge in [-0.2, -0.15) is 4.98 Å². The monoisotopic (exact) mass is 327 g/mol. The first-order chi connectivity index (χ1) is 8.72. The highest BCUT2D eigenvalue weighted by Gasteiger charge is 2.25. The van der Waals surface area contributed by atoms with E-state index in [2.05, 4.69) is 26.1 Å². The zero-order valence-electron chi connectivity index (χ0n) is 9.80. The van der Waals surface area contributed by atoms with Crippen LogP contribution in [0.3, 0.4) is 0 Å². The summed E-state index contributed by atoms with van der Waals surface area (Å²) in [6, 6.07) is 4.26. The summed E-state index contributed by atoms with van der Waals surface area (Å²) < 4.78 is 6.46. The van der Waals surface area contributed by atoms with Gasteiger partial charge in [0.1, 0.15) is 0 Å². The lowest BCUT2D eigenvalue weighted by atomic mass is 9.86. The fourth-order valence-electron chi connectivity index (χ4n) is 2.39. The molecule has 2 atom stereocenters. The van der Waals surface area contributed by atoms with E-state index in [4.69, 9.17) is 10.3 Å². The van der Waals surface area contributed by atoms with Crippen LogP contribution in [0, 0.1) is 0 Å². The minimum absolute atomic E-state index is 0.273. The molecule has 2 heterocycles. The summed E-state index contributed by atoms with van der Waals surface area (Å²) in [6.45, 7) is 0. The molecule has 1 aliphatic rings. The molecule has 0 aromatic carbocycles. The maximum Gasteiger partial charge on any atom is 0.230 e. The van der Waals surface area contributed by atoms with Crippen LogP contribution in [0.15, 0.2) is 20.4 Å². The molecule has 3 rings (SSSR count). The van der Waals surface area contributed by atoms with E-state index in [0.29, 0.717) is 11.7 Å². The van der Waals surface area contributed by atoms with Crippen molar-refractivity contribution in [2.45, 2.75) is 37.6 Å². The van der Waals surface area contributed by atoms with Crippen molar-refractivity contribution >= 4 is 27.3 Å². The molecule has 1 aliphatic carbocycles. The number of thiophene rings is 1. The van der Waals surface area contributed by atoms with Gasteiger partial charge in [0, 0.05) is 12.0 Å². The van der Waals surface area contributed by atoms with Gasteiger partial charge in [-0.25, -0.2) is 0 Å². The standard InChI is InChI=1S/C12H14BrN3OS/c13-10-5-4-9(18-10)11-15-12(17-16-11)7-2-1-3-8(14)6-7/h4-5,7-8H,1-3,6,14H2. The highest BCUT2D eigenvalue weighted by Crippen LogP contribution is 2.34. The number of halogens is 1. The van der Waals surface area contributed by atoms with E-state index in [1.165, 1.54) is 0 Å². The van der Waals surface area contributed by atoms with E-state index >= 15 is 0 Å². The normalized spacial score (nSPS) is 24.3. The summed E-state index contributed by atoms with van der Waals surface area (Å²) in [5, 5.41) is 4.06. The van der Waals surface area contributed by atoms with Crippen LogP contribution in [0.25, 0.3) is 10.7 Å². The Bertz CT molecular complexity index is 539. The first-order valence-corrected chi connectivity index (χ1v) is 7.68. The van der Waals surface area contributed by atoms with Crippen molar-refractivity contribution in [1.29, 1.82) is 0 Å². The van der Waals surface area contributed by atoms with Crippen molar-refractivity contribution in [1.82, 2.24) is 10.1 Å². The topological polar surface area (TPSA) is 64.9 Å². The molecule has 0 spiro atoms. The summed E-state index contributed by atoms with van der Waals surface area (Å²) in [7, 11) is 0. The van der Waals surface area contributed by atoms with E-state index < -0.39 is 0 Å². The second-order valence-corrected chi connectivity index (χ2v) is 7.15. The first-order valence-electron chi connectivity index (χ1n) is 6.07. The summed E-state index contributed by atoms with van der Waals surface area (Å²) >= 11 is 5.04. The van der Waals surface area contributed by atoms with Crippen molar-refractivity contribution in [2.75, 3.05) is 0 Å². The number of hydrogen-bond acceptors (Lipinski definition) is 5. The van der Waals surface area contributed by atoms with Crippen LogP contribution >= 0.6 is 27.3 Å². The number of hydrogen-bond donors (Lipinski definition) is 1. The molecule has 2 N–H and O–H groups in total. The quantitative estimate of drug-likeness (QED) is 0.916. The molecule has 4 nitrogen and oxygen atoms in total. The molecule has 1 fully saturated rings. The van der Waals surface area contributed by atoms with E-state index in [1.54, 1.807) is 11.3 Å². The summed E-state index contributed by atoms with van der Waals surface area (Å²) in [5.41, 5.74) is 5.99. The number of nitrogens with two attached hydrogens (primary N) is 1. The van der Waals surface area contributed by atoms with Gasteiger partial charge in [-0.1, -0.05) is 11.6 Å². The number of nitrogens with zero attached hydrogens (tertiary/aromatic N) is 2. The zero-order chi connectivity index (χ0) is 12.5. The number of rotatable bonds is 2. The molecule has 6 heteroatoms. The average Bonchev–Trinajstić information content (AvgIpc) is 2.97. The van der Waals surface area contributed by atoms with E-state index in [0.717, 1.165) is 40.2 Å². The predicted octanol–water partition coefficient (Wildman–Crippen LogP) is 3.55. The smallest absolute Gasteiger partial charge is 0.230 e. The fraction of sp³-hybridized carbons (Fsp3) is 0.500. The SMILES string of the molecule is NC1CCCC(c2nc(-c3ccc(Br)s3)no2)C1. The summed E-state index contributed by atoms with van der Waals surface area (Å²) in [4.78, 5) is 5.53. The maximum atomic E-state index is 5.99. The van der Waals surface area contributed by atoms with Crippen LogP contribution in [0.1, 0.15) is 37.5 Å². The summed E-state index contributed by atoms with van der Waals surface area (Å²) in [5.74, 6) is 1.75. The highest BCUT2D eigenvalue weighted by molar-refractivity contribution is 9.11. The molecular formula is C12H14BrN3OS. The van der Waals surface area contributed by atoms with Crippen LogP contribution in [0.2, 0.25) is 0 Å². The molecular weight excluding hydrogens is 314 g/mol. The lowest BCUT2D eigenvalue weighted by molar-refractivity contribution is 0.299. The third-order valence-electron chi connectivity index (χ3n) is 3.30. The van der Waals surface area contributed by atoms with Crippen molar-refractivity contribution in [3.63, 3.8) is 0 Å². The summed E-state index contributed by atoms with van der Waals surface area (Å²) in [6.07, 6.45) is 4.31. The predicted molar refractivity (Wildman–Crippen MR) is 74.5 cm³/mol. The van der Waals surface area contributed by atoms with Gasteiger partial charge < -0.3 is 10.3 Å². The lowest BCUT2D eigenvalue weighted by Gasteiger charge is -2.23. The van der Waals surface area contributed by atoms with Crippen molar-refractivity contribution in [2.24, 2.45) is 5.73 Å². The van der Waals surface area contributed by atoms with E-state index in [1.807, 2.05) is 12.1 Å². The van der Waals surface area contributed by atoms with Gasteiger partial charge in [0.05, 0.1) is 8.66 Å². The molecule has 0 bridgehead atoms. The van der Waals surface area contributed by atoms with Crippen LogP contribution < -0.4 is 5.73 Å². The number of aromatic nitrogens is 2. The van der Waals surface area contributed by atoms with E-state index in [9.17, 15) is 0 Å². The van der Waals surface area contributed by atoms with Crippen molar-refractivity contribution in [3.05, 3.63) is 21.8 Å². The maximum absolute atomic E-state index is 5.99. The van der Waals surface area contributed by atoms with Gasteiger partial charge in [0.15, 0.2) is 0 Å². The van der Waals surface area contributed by atoms with Crippen molar-refractivity contribution in [3.8, 4) is 10.7 Å². The van der Waals surface area contributed by atoms with Gasteiger partial charge in [-0.3, -0.25) is 0 Å². The third-order valence-corrected chi connectivity index (χ3v) is 4.92. The van der Waals surface area contributed by atoms with Crippen LogP contribution in [0.4, 0.5) is 0 Å². The molecule has 1 saturated carbocycles. The molecule has 0 amide bonds. The average molecular weight is 328 g/mol. The van der Waals surface area contributed by atoms with E-state index in [-0.39, 0.29) is 6.04 Å². The Balaban J connectivity index is 1.80. The van der Waals surface area contributed by atoms with Gasteiger partial charge >= 0.3 is 0 Å². The van der Waals surface area contributed by atoms with Crippen LogP contribution in [-0.4, -0.2) is 16.2 Å². The van der Waals surface area contributed by atoms with Gasteiger partial charge in [-0.15, -0.1) is 11.3 Å². The van der Waals surface area contributed by atoms with Gasteiger partial charge in [0.2, 0.25) is 11.7 Å². The largest absolute Gasteiger partial charge is 0.339 e. The molecule has 2 aromatic heterocycles. The minimum Gasteiger partial charge on any atom is -0.339 e. The molecule has 2 unspecified atom stereocenters. The molecule has 18 heavy (non-hydrogen) atoms. The van der Waals surface area contributed by atoms with Crippen LogP contribution in [0.5, 0.6) is 0 Å². The van der Waals surface area contributed by atoms with Crippen molar-refractivity contribution < 1.29 is 4.52 Å².